The standard InChI is InChI=1S/C16H22N2OS2/c17-16(20)14-7-5-6-13(10-14)11-21-12-15(19)18-8-3-1-2-4-9-18/h5-7,10H,1-4,8-9,11-12H2,(H2,17,20). The summed E-state index contributed by atoms with van der Waals surface area (Å²) in [5.74, 6) is 1.64. The Bertz CT molecular complexity index is 497. The molecule has 1 amide bonds. The number of likely N-dealkylation sites (tertiary alicyclic amines) is 1. The molecule has 0 aromatic heterocycles. The van der Waals surface area contributed by atoms with Crippen LogP contribution in [-0.4, -0.2) is 34.6 Å². The number of benzene rings is 1. The van der Waals surface area contributed by atoms with Crippen LogP contribution in [0.3, 0.4) is 0 Å². The molecule has 5 heteroatoms. The van der Waals surface area contributed by atoms with Gasteiger partial charge < -0.3 is 10.6 Å². The van der Waals surface area contributed by atoms with Crippen LogP contribution in [0.4, 0.5) is 0 Å². The van der Waals surface area contributed by atoms with Gasteiger partial charge in [-0.3, -0.25) is 4.79 Å². The molecule has 0 unspecified atom stereocenters. The second-order valence-corrected chi connectivity index (χ2v) is 6.78. The molecule has 114 valence electrons. The van der Waals surface area contributed by atoms with E-state index >= 15 is 0 Å². The number of thiocarbonyl (C=S) groups is 1. The number of rotatable bonds is 5. The molecule has 0 atom stereocenters. The lowest BCUT2D eigenvalue weighted by Gasteiger charge is -2.20. The maximum Gasteiger partial charge on any atom is 0.232 e. The molecule has 1 aliphatic heterocycles. The van der Waals surface area contributed by atoms with E-state index in [9.17, 15) is 4.79 Å². The van der Waals surface area contributed by atoms with E-state index in [0.717, 1.165) is 42.8 Å². The van der Waals surface area contributed by atoms with E-state index in [-0.39, 0.29) is 5.91 Å². The smallest absolute Gasteiger partial charge is 0.232 e. The van der Waals surface area contributed by atoms with Crippen LogP contribution in [0.15, 0.2) is 24.3 Å². The molecule has 3 nitrogen and oxygen atoms in total. The van der Waals surface area contributed by atoms with Crippen molar-refractivity contribution in [2.45, 2.75) is 31.4 Å². The average molecular weight is 322 g/mol. The number of amides is 1. The number of carbonyl (C=O) groups excluding carboxylic acids is 1. The Morgan fingerprint density at radius 1 is 1.24 bits per heavy atom. The summed E-state index contributed by atoms with van der Waals surface area (Å²) in [6.07, 6.45) is 4.80. The van der Waals surface area contributed by atoms with Gasteiger partial charge in [0.25, 0.3) is 0 Å². The van der Waals surface area contributed by atoms with Crippen LogP contribution in [0.2, 0.25) is 0 Å². The Hall–Kier alpha value is -1.07. The van der Waals surface area contributed by atoms with Crippen molar-refractivity contribution in [2.24, 2.45) is 5.73 Å². The van der Waals surface area contributed by atoms with Crippen molar-refractivity contribution in [3.05, 3.63) is 35.4 Å². The van der Waals surface area contributed by atoms with Crippen molar-refractivity contribution in [2.75, 3.05) is 18.8 Å². The molecule has 2 N–H and O–H groups in total. The molecule has 0 spiro atoms. The van der Waals surface area contributed by atoms with Gasteiger partial charge in [0, 0.05) is 24.4 Å². The molecular weight excluding hydrogens is 300 g/mol. The third-order valence-electron chi connectivity index (χ3n) is 3.66. The molecular formula is C16H22N2OS2. The fourth-order valence-corrected chi connectivity index (χ4v) is 3.48. The summed E-state index contributed by atoms with van der Waals surface area (Å²) in [6, 6.07) is 7.93. The van der Waals surface area contributed by atoms with E-state index in [2.05, 4.69) is 0 Å². The second kappa shape index (κ2) is 8.39. The van der Waals surface area contributed by atoms with Crippen molar-refractivity contribution >= 4 is 34.9 Å². The maximum atomic E-state index is 12.2. The Labute approximate surface area is 136 Å². The van der Waals surface area contributed by atoms with Crippen molar-refractivity contribution < 1.29 is 4.79 Å². The summed E-state index contributed by atoms with van der Waals surface area (Å²) in [5.41, 5.74) is 7.69. The molecule has 1 aliphatic rings. The predicted molar refractivity (Wildman–Crippen MR) is 93.5 cm³/mol. The molecule has 1 fully saturated rings. The molecule has 0 aliphatic carbocycles. The lowest BCUT2D eigenvalue weighted by molar-refractivity contribution is -0.128. The first-order chi connectivity index (χ1) is 10.2. The van der Waals surface area contributed by atoms with Gasteiger partial charge in [-0.1, -0.05) is 43.3 Å². The normalized spacial score (nSPS) is 15.5. The lowest BCUT2D eigenvalue weighted by atomic mass is 10.1. The minimum atomic E-state index is 0.271. The zero-order valence-corrected chi connectivity index (χ0v) is 13.8. The maximum absolute atomic E-state index is 12.2. The fraction of sp³-hybridized carbons (Fsp3) is 0.500. The van der Waals surface area contributed by atoms with Gasteiger partial charge in [-0.05, 0) is 24.5 Å². The van der Waals surface area contributed by atoms with Gasteiger partial charge in [0.1, 0.15) is 4.99 Å². The lowest BCUT2D eigenvalue weighted by Crippen LogP contribution is -2.33. The van der Waals surface area contributed by atoms with Crippen LogP contribution in [0.5, 0.6) is 0 Å². The van der Waals surface area contributed by atoms with Crippen molar-refractivity contribution in [1.82, 2.24) is 4.90 Å². The Kier molecular flexibility index (Phi) is 6.51. The molecule has 1 aromatic carbocycles. The first-order valence-corrected chi connectivity index (χ1v) is 8.97. The van der Waals surface area contributed by atoms with Crippen molar-refractivity contribution in [3.63, 3.8) is 0 Å². The fourth-order valence-electron chi connectivity index (χ4n) is 2.48. The summed E-state index contributed by atoms with van der Waals surface area (Å²) in [6.45, 7) is 1.85. The SMILES string of the molecule is NC(=S)c1cccc(CSCC(=O)N2CCCCCC2)c1. The first-order valence-electron chi connectivity index (χ1n) is 7.41. The zero-order valence-electron chi connectivity index (χ0n) is 12.2. The summed E-state index contributed by atoms with van der Waals surface area (Å²) >= 11 is 6.64. The number of hydrogen-bond acceptors (Lipinski definition) is 3. The monoisotopic (exact) mass is 322 g/mol. The van der Waals surface area contributed by atoms with Crippen LogP contribution in [-0.2, 0) is 10.5 Å². The van der Waals surface area contributed by atoms with Crippen molar-refractivity contribution in [3.8, 4) is 0 Å². The Balaban J connectivity index is 1.79. The second-order valence-electron chi connectivity index (χ2n) is 5.35. The van der Waals surface area contributed by atoms with Crippen molar-refractivity contribution in [1.29, 1.82) is 0 Å². The van der Waals surface area contributed by atoms with Crippen LogP contribution < -0.4 is 5.73 Å². The third-order valence-corrected chi connectivity index (χ3v) is 4.89. The number of nitrogens with zero attached hydrogens (tertiary/aromatic N) is 1. The number of thioether (sulfide) groups is 1. The van der Waals surface area contributed by atoms with Crippen LogP contribution in [0.1, 0.15) is 36.8 Å². The topological polar surface area (TPSA) is 46.3 Å². The minimum absolute atomic E-state index is 0.271. The van der Waals surface area contributed by atoms with E-state index < -0.39 is 0 Å². The molecule has 0 saturated carbocycles. The van der Waals surface area contributed by atoms with Gasteiger partial charge in [-0.25, -0.2) is 0 Å². The molecule has 2 rings (SSSR count). The third kappa shape index (κ3) is 5.32. The first kappa shape index (κ1) is 16.3. The molecule has 0 radical (unpaired) electrons. The number of carbonyl (C=O) groups is 1. The van der Waals surface area contributed by atoms with Gasteiger partial charge in [0.2, 0.25) is 5.91 Å². The zero-order chi connectivity index (χ0) is 15.1. The van der Waals surface area contributed by atoms with Gasteiger partial charge in [0.05, 0.1) is 5.75 Å². The highest BCUT2D eigenvalue weighted by molar-refractivity contribution is 7.99. The molecule has 21 heavy (non-hydrogen) atoms. The Morgan fingerprint density at radius 2 is 1.95 bits per heavy atom. The average Bonchev–Trinajstić information content (AvgIpc) is 2.76. The van der Waals surface area contributed by atoms with Gasteiger partial charge in [-0.15, -0.1) is 11.8 Å². The molecule has 1 aromatic rings. The van der Waals surface area contributed by atoms with E-state index in [1.165, 1.54) is 12.8 Å². The summed E-state index contributed by atoms with van der Waals surface area (Å²) in [5, 5.41) is 0. The van der Waals surface area contributed by atoms with E-state index in [0.29, 0.717) is 10.7 Å². The highest BCUT2D eigenvalue weighted by Crippen LogP contribution is 2.16. The highest BCUT2D eigenvalue weighted by Gasteiger charge is 2.15. The highest BCUT2D eigenvalue weighted by atomic mass is 32.2. The summed E-state index contributed by atoms with van der Waals surface area (Å²) < 4.78 is 0. The van der Waals surface area contributed by atoms with Gasteiger partial charge in [-0.2, -0.15) is 0 Å². The molecule has 1 heterocycles. The predicted octanol–water partition coefficient (Wildman–Crippen LogP) is 2.96. The summed E-state index contributed by atoms with van der Waals surface area (Å²) in [4.78, 5) is 14.6. The quantitative estimate of drug-likeness (QED) is 0.847. The number of hydrogen-bond donors (Lipinski definition) is 1. The largest absolute Gasteiger partial charge is 0.389 e. The van der Waals surface area contributed by atoms with Gasteiger partial charge in [0.15, 0.2) is 0 Å². The van der Waals surface area contributed by atoms with Crippen LogP contribution in [0, 0.1) is 0 Å². The molecule has 1 saturated heterocycles. The minimum Gasteiger partial charge on any atom is -0.389 e. The van der Waals surface area contributed by atoms with E-state index in [1.54, 1.807) is 11.8 Å². The van der Waals surface area contributed by atoms with Crippen LogP contribution in [0.25, 0.3) is 0 Å². The van der Waals surface area contributed by atoms with Gasteiger partial charge >= 0.3 is 0 Å². The summed E-state index contributed by atoms with van der Waals surface area (Å²) in [7, 11) is 0. The Morgan fingerprint density at radius 3 is 2.62 bits per heavy atom. The number of nitrogens with two attached hydrogens (primary N) is 1. The van der Waals surface area contributed by atoms with E-state index in [1.807, 2.05) is 29.2 Å². The van der Waals surface area contributed by atoms with E-state index in [4.69, 9.17) is 18.0 Å². The van der Waals surface area contributed by atoms with Crippen LogP contribution >= 0.6 is 24.0 Å². The molecule has 0 bridgehead atoms.